The quantitative estimate of drug-likeness (QED) is 0.700. The van der Waals surface area contributed by atoms with Crippen molar-refractivity contribution in [1.82, 2.24) is 5.32 Å². The molecular formula is C18H23BrF3NO. The first-order valence-corrected chi connectivity index (χ1v) is 8.94. The lowest BCUT2D eigenvalue weighted by molar-refractivity contribution is -0.137. The van der Waals surface area contributed by atoms with Gasteiger partial charge in [0.2, 0.25) is 0 Å². The monoisotopic (exact) mass is 405 g/mol. The molecule has 0 aliphatic heterocycles. The third-order valence-electron chi connectivity index (χ3n) is 4.39. The third kappa shape index (κ3) is 5.07. The molecule has 1 aliphatic rings. The van der Waals surface area contributed by atoms with Crippen LogP contribution in [-0.2, 0) is 6.18 Å². The molecule has 0 fully saturated rings. The molecule has 24 heavy (non-hydrogen) atoms. The summed E-state index contributed by atoms with van der Waals surface area (Å²) in [7, 11) is 0. The summed E-state index contributed by atoms with van der Waals surface area (Å²) in [5.41, 5.74) is 1.34. The van der Waals surface area contributed by atoms with Crippen molar-refractivity contribution in [3.05, 3.63) is 44.9 Å². The molecule has 6 heteroatoms. The number of aliphatic hydroxyl groups is 1. The maximum Gasteiger partial charge on any atom is 0.416 e. The normalized spacial score (nSPS) is 18.6. The topological polar surface area (TPSA) is 32.3 Å². The van der Waals surface area contributed by atoms with Crippen LogP contribution in [-0.4, -0.2) is 17.7 Å². The van der Waals surface area contributed by atoms with Gasteiger partial charge >= 0.3 is 6.18 Å². The zero-order chi connectivity index (χ0) is 17.9. The van der Waals surface area contributed by atoms with Crippen molar-refractivity contribution in [1.29, 1.82) is 0 Å². The second kappa shape index (κ2) is 8.02. The Morgan fingerprint density at radius 3 is 2.50 bits per heavy atom. The molecule has 0 bridgehead atoms. The summed E-state index contributed by atoms with van der Waals surface area (Å²) in [6.45, 7) is 4.03. The van der Waals surface area contributed by atoms with Crippen LogP contribution in [0.25, 0.3) is 0 Å². The van der Waals surface area contributed by atoms with E-state index in [1.807, 2.05) is 0 Å². The first-order chi connectivity index (χ1) is 11.2. The van der Waals surface area contributed by atoms with E-state index < -0.39 is 17.8 Å². The van der Waals surface area contributed by atoms with Crippen molar-refractivity contribution < 1.29 is 18.3 Å². The minimum absolute atomic E-state index is 0.291. The highest BCUT2D eigenvalue weighted by Crippen LogP contribution is 2.33. The Bertz CT molecular complexity index is 613. The van der Waals surface area contributed by atoms with Gasteiger partial charge in [-0.05, 0) is 67.3 Å². The number of hydrogen-bond acceptors (Lipinski definition) is 2. The van der Waals surface area contributed by atoms with Gasteiger partial charge in [0.15, 0.2) is 0 Å². The highest BCUT2D eigenvalue weighted by molar-refractivity contribution is 9.11. The molecule has 0 radical (unpaired) electrons. The summed E-state index contributed by atoms with van der Waals surface area (Å²) in [6.07, 6.45) is -1.04. The average molecular weight is 406 g/mol. The van der Waals surface area contributed by atoms with Gasteiger partial charge in [0.25, 0.3) is 0 Å². The lowest BCUT2D eigenvalue weighted by Crippen LogP contribution is -2.34. The number of hydrogen-bond donors (Lipinski definition) is 2. The van der Waals surface area contributed by atoms with Crippen molar-refractivity contribution in [2.75, 3.05) is 6.54 Å². The number of aliphatic hydroxyl groups excluding tert-OH is 1. The SMILES string of the molecule is Cc1cc([C@@H](O)[C@H](C)NCC2=C(Br)CCCC2)cc(C(F)(F)F)c1. The molecule has 0 aromatic heterocycles. The Kier molecular flexibility index (Phi) is 6.51. The Morgan fingerprint density at radius 1 is 1.21 bits per heavy atom. The number of benzene rings is 1. The van der Waals surface area contributed by atoms with Crippen LogP contribution in [0.4, 0.5) is 13.2 Å². The number of rotatable bonds is 5. The van der Waals surface area contributed by atoms with Gasteiger partial charge in [-0.1, -0.05) is 27.6 Å². The maximum atomic E-state index is 12.9. The minimum Gasteiger partial charge on any atom is -0.387 e. The van der Waals surface area contributed by atoms with Crippen molar-refractivity contribution >= 4 is 15.9 Å². The lowest BCUT2D eigenvalue weighted by Gasteiger charge is -2.24. The van der Waals surface area contributed by atoms with Crippen molar-refractivity contribution in [2.45, 2.75) is 57.9 Å². The van der Waals surface area contributed by atoms with E-state index in [1.54, 1.807) is 19.9 Å². The number of aryl methyl sites for hydroxylation is 1. The van der Waals surface area contributed by atoms with Gasteiger partial charge in [-0.15, -0.1) is 0 Å². The van der Waals surface area contributed by atoms with E-state index in [2.05, 4.69) is 21.2 Å². The van der Waals surface area contributed by atoms with Crippen LogP contribution < -0.4 is 5.32 Å². The predicted octanol–water partition coefficient (Wildman–Crippen LogP) is 5.25. The number of halogens is 4. The van der Waals surface area contributed by atoms with Crippen LogP contribution in [0.1, 0.15) is 55.4 Å². The van der Waals surface area contributed by atoms with Gasteiger partial charge in [-0.2, -0.15) is 13.2 Å². The highest BCUT2D eigenvalue weighted by atomic mass is 79.9. The van der Waals surface area contributed by atoms with E-state index in [0.29, 0.717) is 17.7 Å². The standard InChI is InChI=1S/C18H23BrF3NO/c1-11-7-14(9-15(8-11)18(20,21)22)17(24)12(2)23-10-13-5-3-4-6-16(13)19/h7-9,12,17,23-24H,3-6,10H2,1-2H3/t12-,17-/m0/s1. The van der Waals surface area contributed by atoms with Gasteiger partial charge in [0, 0.05) is 12.6 Å². The smallest absolute Gasteiger partial charge is 0.387 e. The molecule has 0 heterocycles. The van der Waals surface area contributed by atoms with E-state index in [9.17, 15) is 18.3 Å². The molecule has 2 atom stereocenters. The Morgan fingerprint density at radius 2 is 1.88 bits per heavy atom. The fourth-order valence-corrected chi connectivity index (χ4v) is 3.57. The number of alkyl halides is 3. The van der Waals surface area contributed by atoms with E-state index in [1.165, 1.54) is 16.5 Å². The first-order valence-electron chi connectivity index (χ1n) is 8.15. The van der Waals surface area contributed by atoms with Gasteiger partial charge in [0.1, 0.15) is 0 Å². The van der Waals surface area contributed by atoms with Crippen molar-refractivity contribution in [3.8, 4) is 0 Å². The average Bonchev–Trinajstić information content (AvgIpc) is 2.51. The van der Waals surface area contributed by atoms with Gasteiger partial charge < -0.3 is 10.4 Å². The Labute approximate surface area is 149 Å². The van der Waals surface area contributed by atoms with Crippen molar-refractivity contribution in [2.24, 2.45) is 0 Å². The van der Waals surface area contributed by atoms with Gasteiger partial charge in [-0.3, -0.25) is 0 Å². The molecular weight excluding hydrogens is 383 g/mol. The lowest BCUT2D eigenvalue weighted by atomic mass is 9.97. The molecule has 2 rings (SSSR count). The van der Waals surface area contributed by atoms with E-state index in [-0.39, 0.29) is 6.04 Å². The van der Waals surface area contributed by atoms with Crippen LogP contribution in [0.3, 0.4) is 0 Å². The third-order valence-corrected chi connectivity index (χ3v) is 5.35. The fraction of sp³-hybridized carbons (Fsp3) is 0.556. The van der Waals surface area contributed by atoms with E-state index in [4.69, 9.17) is 0 Å². The molecule has 0 amide bonds. The maximum absolute atomic E-state index is 12.9. The second-order valence-electron chi connectivity index (χ2n) is 6.46. The summed E-state index contributed by atoms with van der Waals surface area (Å²) in [4.78, 5) is 0. The van der Waals surface area contributed by atoms with Gasteiger partial charge in [-0.25, -0.2) is 0 Å². The largest absolute Gasteiger partial charge is 0.416 e. The van der Waals surface area contributed by atoms with Crippen LogP contribution in [0.5, 0.6) is 0 Å². The molecule has 1 aliphatic carbocycles. The molecule has 1 aromatic carbocycles. The van der Waals surface area contributed by atoms with E-state index in [0.717, 1.165) is 31.4 Å². The first kappa shape index (κ1) is 19.5. The van der Waals surface area contributed by atoms with Gasteiger partial charge in [0.05, 0.1) is 11.7 Å². The molecule has 0 saturated heterocycles. The molecule has 2 nitrogen and oxygen atoms in total. The van der Waals surface area contributed by atoms with Crippen LogP contribution in [0, 0.1) is 6.92 Å². The molecule has 1 aromatic rings. The molecule has 134 valence electrons. The predicted molar refractivity (Wildman–Crippen MR) is 93.0 cm³/mol. The number of nitrogens with one attached hydrogen (secondary N) is 1. The Balaban J connectivity index is 2.07. The highest BCUT2D eigenvalue weighted by Gasteiger charge is 2.32. The zero-order valence-corrected chi connectivity index (χ0v) is 15.5. The molecule has 0 spiro atoms. The Hall–Kier alpha value is -0.850. The van der Waals surface area contributed by atoms with E-state index >= 15 is 0 Å². The summed E-state index contributed by atoms with van der Waals surface area (Å²) in [5.74, 6) is 0. The number of allylic oxidation sites excluding steroid dienone is 1. The summed E-state index contributed by atoms with van der Waals surface area (Å²) >= 11 is 3.58. The van der Waals surface area contributed by atoms with Crippen molar-refractivity contribution in [3.63, 3.8) is 0 Å². The second-order valence-corrected chi connectivity index (χ2v) is 7.42. The molecule has 2 N–H and O–H groups in total. The van der Waals surface area contributed by atoms with Crippen LogP contribution >= 0.6 is 15.9 Å². The van der Waals surface area contributed by atoms with Crippen LogP contribution in [0.15, 0.2) is 28.3 Å². The molecule has 0 saturated carbocycles. The summed E-state index contributed by atoms with van der Waals surface area (Å²) in [5, 5.41) is 13.7. The minimum atomic E-state index is -4.41. The molecule has 0 unspecified atom stereocenters. The fourth-order valence-electron chi connectivity index (χ4n) is 2.95. The summed E-state index contributed by atoms with van der Waals surface area (Å²) in [6, 6.07) is 3.39. The summed E-state index contributed by atoms with van der Waals surface area (Å²) < 4.78 is 40.0. The zero-order valence-electron chi connectivity index (χ0n) is 13.9. The van der Waals surface area contributed by atoms with Crippen LogP contribution in [0.2, 0.25) is 0 Å².